The number of aromatic nitrogens is 1. The maximum absolute atomic E-state index is 11.6. The molecule has 4 nitrogen and oxygen atoms in total. The molecule has 4 heteroatoms. The third-order valence-electron chi connectivity index (χ3n) is 2.56. The van der Waals surface area contributed by atoms with Crippen LogP contribution in [0.5, 0.6) is 0 Å². The summed E-state index contributed by atoms with van der Waals surface area (Å²) in [7, 11) is 0. The fraction of sp³-hybridized carbons (Fsp3) is 0.200. The Morgan fingerprint density at radius 1 is 1.37 bits per heavy atom. The number of nitrogens with one attached hydrogen (secondary N) is 1. The molecule has 0 saturated carbocycles. The molecule has 2 rings (SSSR count). The molecule has 0 radical (unpaired) electrons. The fourth-order valence-corrected chi connectivity index (χ4v) is 1.63. The van der Waals surface area contributed by atoms with Gasteiger partial charge in [-0.05, 0) is 12.5 Å². The van der Waals surface area contributed by atoms with E-state index in [0.717, 1.165) is 17.0 Å². The quantitative estimate of drug-likeness (QED) is 0.894. The monoisotopic (exact) mass is 256 g/mol. The second kappa shape index (κ2) is 6.54. The van der Waals surface area contributed by atoms with Crippen LogP contribution in [-0.2, 0) is 11.3 Å². The molecule has 0 atom stereocenters. The molecule has 0 bridgehead atoms. The SMILES string of the molecule is Cc1cc(CNC(=O)C/C=C/c2ccccc2)no1. The zero-order chi connectivity index (χ0) is 13.5. The summed E-state index contributed by atoms with van der Waals surface area (Å²) in [6.45, 7) is 2.22. The summed E-state index contributed by atoms with van der Waals surface area (Å²) in [4.78, 5) is 11.6. The van der Waals surface area contributed by atoms with Crippen LogP contribution < -0.4 is 5.32 Å². The molecule has 1 amide bonds. The van der Waals surface area contributed by atoms with Crippen molar-refractivity contribution in [2.75, 3.05) is 0 Å². The van der Waals surface area contributed by atoms with E-state index in [1.54, 1.807) is 6.07 Å². The molecule has 0 fully saturated rings. The van der Waals surface area contributed by atoms with Crippen molar-refractivity contribution in [2.45, 2.75) is 19.9 Å². The lowest BCUT2D eigenvalue weighted by atomic mass is 10.2. The van der Waals surface area contributed by atoms with Crippen LogP contribution >= 0.6 is 0 Å². The van der Waals surface area contributed by atoms with Gasteiger partial charge in [-0.15, -0.1) is 0 Å². The van der Waals surface area contributed by atoms with Crippen molar-refractivity contribution >= 4 is 12.0 Å². The minimum Gasteiger partial charge on any atom is -0.361 e. The van der Waals surface area contributed by atoms with Gasteiger partial charge in [0.05, 0.1) is 6.54 Å². The molecule has 1 aromatic carbocycles. The van der Waals surface area contributed by atoms with Crippen molar-refractivity contribution < 1.29 is 9.32 Å². The average Bonchev–Trinajstić information content (AvgIpc) is 2.83. The number of benzene rings is 1. The third kappa shape index (κ3) is 4.43. The lowest BCUT2D eigenvalue weighted by Gasteiger charge is -1.99. The predicted molar refractivity (Wildman–Crippen MR) is 73.2 cm³/mol. The summed E-state index contributed by atoms with van der Waals surface area (Å²) >= 11 is 0. The largest absolute Gasteiger partial charge is 0.361 e. The van der Waals surface area contributed by atoms with E-state index in [4.69, 9.17) is 4.52 Å². The number of nitrogens with zero attached hydrogens (tertiary/aromatic N) is 1. The summed E-state index contributed by atoms with van der Waals surface area (Å²) in [5, 5.41) is 6.59. The first kappa shape index (κ1) is 13.1. The average molecular weight is 256 g/mol. The molecule has 1 aromatic heterocycles. The predicted octanol–water partition coefficient (Wildman–Crippen LogP) is 2.70. The Balaban J connectivity index is 1.74. The summed E-state index contributed by atoms with van der Waals surface area (Å²) in [6.07, 6.45) is 4.13. The van der Waals surface area contributed by atoms with Gasteiger partial charge in [0.25, 0.3) is 0 Å². The van der Waals surface area contributed by atoms with Gasteiger partial charge in [0, 0.05) is 12.5 Å². The first-order valence-electron chi connectivity index (χ1n) is 6.14. The Morgan fingerprint density at radius 2 is 2.16 bits per heavy atom. The van der Waals surface area contributed by atoms with Gasteiger partial charge in [0.2, 0.25) is 5.91 Å². The summed E-state index contributed by atoms with van der Waals surface area (Å²) in [5.74, 6) is 0.709. The number of aryl methyl sites for hydroxylation is 1. The van der Waals surface area contributed by atoms with Gasteiger partial charge in [0.1, 0.15) is 11.5 Å². The van der Waals surface area contributed by atoms with Crippen LogP contribution in [0.1, 0.15) is 23.4 Å². The minimum atomic E-state index is -0.0344. The number of rotatable bonds is 5. The van der Waals surface area contributed by atoms with Crippen molar-refractivity contribution in [3.63, 3.8) is 0 Å². The number of hydrogen-bond donors (Lipinski definition) is 1. The maximum Gasteiger partial charge on any atom is 0.224 e. The van der Waals surface area contributed by atoms with Gasteiger partial charge in [0.15, 0.2) is 0 Å². The number of carbonyl (C=O) groups excluding carboxylic acids is 1. The molecule has 1 heterocycles. The van der Waals surface area contributed by atoms with Crippen LogP contribution in [0.2, 0.25) is 0 Å². The number of carbonyl (C=O) groups is 1. The van der Waals surface area contributed by atoms with Crippen molar-refractivity contribution in [1.82, 2.24) is 10.5 Å². The number of amides is 1. The fourth-order valence-electron chi connectivity index (χ4n) is 1.63. The first-order chi connectivity index (χ1) is 9.24. The second-order valence-electron chi connectivity index (χ2n) is 4.22. The van der Waals surface area contributed by atoms with Crippen LogP contribution in [0.3, 0.4) is 0 Å². The van der Waals surface area contributed by atoms with Crippen LogP contribution in [0, 0.1) is 6.92 Å². The molecule has 19 heavy (non-hydrogen) atoms. The van der Waals surface area contributed by atoms with Crippen molar-refractivity contribution in [1.29, 1.82) is 0 Å². The van der Waals surface area contributed by atoms with Crippen LogP contribution in [0.15, 0.2) is 47.0 Å². The lowest BCUT2D eigenvalue weighted by molar-refractivity contribution is -0.120. The van der Waals surface area contributed by atoms with Gasteiger partial charge in [-0.3, -0.25) is 4.79 Å². The lowest BCUT2D eigenvalue weighted by Crippen LogP contribution is -2.21. The smallest absolute Gasteiger partial charge is 0.224 e. The highest BCUT2D eigenvalue weighted by Gasteiger charge is 2.02. The third-order valence-corrected chi connectivity index (χ3v) is 2.56. The zero-order valence-corrected chi connectivity index (χ0v) is 10.8. The highest BCUT2D eigenvalue weighted by atomic mass is 16.5. The molecule has 0 saturated heterocycles. The van der Waals surface area contributed by atoms with E-state index < -0.39 is 0 Å². The molecule has 2 aromatic rings. The van der Waals surface area contributed by atoms with Crippen molar-refractivity contribution in [3.05, 3.63) is 59.5 Å². The number of hydrogen-bond acceptors (Lipinski definition) is 3. The van der Waals surface area contributed by atoms with E-state index in [2.05, 4.69) is 10.5 Å². The molecule has 0 aliphatic carbocycles. The van der Waals surface area contributed by atoms with Gasteiger partial charge < -0.3 is 9.84 Å². The van der Waals surface area contributed by atoms with Gasteiger partial charge in [-0.25, -0.2) is 0 Å². The van der Waals surface area contributed by atoms with E-state index in [0.29, 0.717) is 13.0 Å². The molecular formula is C15H16N2O2. The van der Waals surface area contributed by atoms with E-state index >= 15 is 0 Å². The standard InChI is InChI=1S/C15H16N2O2/c1-12-10-14(17-19-12)11-16-15(18)9-5-8-13-6-3-2-4-7-13/h2-8,10H,9,11H2,1H3,(H,16,18)/b8-5+. The van der Waals surface area contributed by atoms with Crippen molar-refractivity contribution in [3.8, 4) is 0 Å². The summed E-state index contributed by atoms with van der Waals surface area (Å²) in [6, 6.07) is 11.7. The summed E-state index contributed by atoms with van der Waals surface area (Å²) < 4.78 is 4.92. The normalized spacial score (nSPS) is 10.8. The highest BCUT2D eigenvalue weighted by molar-refractivity contribution is 5.78. The maximum atomic E-state index is 11.6. The molecule has 0 unspecified atom stereocenters. The van der Waals surface area contributed by atoms with Crippen LogP contribution in [0.25, 0.3) is 6.08 Å². The first-order valence-corrected chi connectivity index (χ1v) is 6.14. The van der Waals surface area contributed by atoms with E-state index in [1.807, 2.05) is 49.4 Å². The molecular weight excluding hydrogens is 240 g/mol. The van der Waals surface area contributed by atoms with E-state index in [9.17, 15) is 4.79 Å². The van der Waals surface area contributed by atoms with Crippen LogP contribution in [0.4, 0.5) is 0 Å². The Morgan fingerprint density at radius 3 is 2.84 bits per heavy atom. The van der Waals surface area contributed by atoms with E-state index in [1.165, 1.54) is 0 Å². The topological polar surface area (TPSA) is 55.1 Å². The highest BCUT2D eigenvalue weighted by Crippen LogP contribution is 2.03. The molecule has 1 N–H and O–H groups in total. The molecule has 0 aliphatic rings. The molecule has 0 aliphatic heterocycles. The zero-order valence-electron chi connectivity index (χ0n) is 10.8. The Labute approximate surface area is 112 Å². The Bertz CT molecular complexity index is 559. The van der Waals surface area contributed by atoms with Crippen LogP contribution in [-0.4, -0.2) is 11.1 Å². The van der Waals surface area contributed by atoms with Gasteiger partial charge in [-0.1, -0.05) is 47.6 Å². The van der Waals surface area contributed by atoms with Crippen molar-refractivity contribution in [2.24, 2.45) is 0 Å². The molecule has 0 spiro atoms. The Kier molecular flexibility index (Phi) is 4.50. The van der Waals surface area contributed by atoms with E-state index in [-0.39, 0.29) is 5.91 Å². The minimum absolute atomic E-state index is 0.0344. The summed E-state index contributed by atoms with van der Waals surface area (Å²) in [5.41, 5.74) is 1.82. The van der Waals surface area contributed by atoms with Gasteiger partial charge >= 0.3 is 0 Å². The molecule has 98 valence electrons. The Hall–Kier alpha value is -2.36. The second-order valence-corrected chi connectivity index (χ2v) is 4.22. The van der Waals surface area contributed by atoms with Gasteiger partial charge in [-0.2, -0.15) is 0 Å².